The van der Waals surface area contributed by atoms with E-state index in [2.05, 4.69) is 15.5 Å². The standard InChI is InChI=1S/C18H16N4O5/c1-10-15-12(17(24)26-9-14(23)21-18(25)19-2)8-13(20-16(15)27-22-10)11-6-4-3-5-7-11/h3-8H,9H2,1-2H3,(H2,19,21,23,25). The quantitative estimate of drug-likeness (QED) is 0.673. The Labute approximate surface area is 153 Å². The second-order valence-electron chi connectivity index (χ2n) is 5.57. The molecule has 0 bridgehead atoms. The van der Waals surface area contributed by atoms with Gasteiger partial charge in [0.2, 0.25) is 0 Å². The van der Waals surface area contributed by atoms with E-state index in [9.17, 15) is 14.4 Å². The number of carbonyl (C=O) groups excluding carboxylic acids is 3. The predicted octanol–water partition coefficient (Wildman–Crippen LogP) is 1.81. The molecule has 2 N–H and O–H groups in total. The van der Waals surface area contributed by atoms with Crippen molar-refractivity contribution in [2.75, 3.05) is 13.7 Å². The highest BCUT2D eigenvalue weighted by Crippen LogP contribution is 2.27. The number of esters is 1. The zero-order chi connectivity index (χ0) is 19.4. The molecule has 3 aromatic rings. The van der Waals surface area contributed by atoms with Crippen LogP contribution in [0, 0.1) is 6.92 Å². The van der Waals surface area contributed by atoms with Crippen LogP contribution < -0.4 is 10.6 Å². The predicted molar refractivity (Wildman–Crippen MR) is 94.9 cm³/mol. The lowest BCUT2D eigenvalue weighted by Crippen LogP contribution is -2.39. The topological polar surface area (TPSA) is 123 Å². The lowest BCUT2D eigenvalue weighted by Gasteiger charge is -2.08. The average molecular weight is 368 g/mol. The third-order valence-corrected chi connectivity index (χ3v) is 3.72. The van der Waals surface area contributed by atoms with Crippen molar-refractivity contribution >= 4 is 29.0 Å². The summed E-state index contributed by atoms with van der Waals surface area (Å²) in [6.07, 6.45) is 0. The fourth-order valence-electron chi connectivity index (χ4n) is 2.45. The van der Waals surface area contributed by atoms with Crippen molar-refractivity contribution in [2.24, 2.45) is 0 Å². The van der Waals surface area contributed by atoms with E-state index in [1.807, 2.05) is 35.6 Å². The number of nitrogens with zero attached hydrogens (tertiary/aromatic N) is 2. The Balaban J connectivity index is 1.90. The maximum atomic E-state index is 12.6. The van der Waals surface area contributed by atoms with Gasteiger partial charge >= 0.3 is 12.0 Å². The third-order valence-electron chi connectivity index (χ3n) is 3.72. The summed E-state index contributed by atoms with van der Waals surface area (Å²) in [5, 5.41) is 8.49. The maximum Gasteiger partial charge on any atom is 0.339 e. The van der Waals surface area contributed by atoms with Gasteiger partial charge in [0.05, 0.1) is 22.3 Å². The van der Waals surface area contributed by atoms with Crippen LogP contribution in [-0.4, -0.2) is 41.7 Å². The second kappa shape index (κ2) is 7.65. The summed E-state index contributed by atoms with van der Waals surface area (Å²) in [5.74, 6) is -1.50. The first kappa shape index (κ1) is 18.1. The summed E-state index contributed by atoms with van der Waals surface area (Å²) >= 11 is 0. The van der Waals surface area contributed by atoms with Crippen molar-refractivity contribution in [1.29, 1.82) is 0 Å². The molecule has 0 unspecified atom stereocenters. The summed E-state index contributed by atoms with van der Waals surface area (Å²) in [6, 6.07) is 10.1. The number of aryl methyl sites for hydroxylation is 1. The number of urea groups is 1. The van der Waals surface area contributed by atoms with Gasteiger partial charge in [-0.05, 0) is 13.0 Å². The van der Waals surface area contributed by atoms with E-state index >= 15 is 0 Å². The van der Waals surface area contributed by atoms with E-state index in [0.29, 0.717) is 16.8 Å². The van der Waals surface area contributed by atoms with Gasteiger partial charge in [-0.1, -0.05) is 35.5 Å². The lowest BCUT2D eigenvalue weighted by molar-refractivity contribution is -0.123. The molecule has 9 nitrogen and oxygen atoms in total. The van der Waals surface area contributed by atoms with Gasteiger partial charge in [0.25, 0.3) is 11.6 Å². The molecule has 2 heterocycles. The normalized spacial score (nSPS) is 10.4. The van der Waals surface area contributed by atoms with Crippen molar-refractivity contribution in [1.82, 2.24) is 20.8 Å². The number of benzene rings is 1. The molecular formula is C18H16N4O5. The molecular weight excluding hydrogens is 352 g/mol. The van der Waals surface area contributed by atoms with Gasteiger partial charge in [-0.25, -0.2) is 14.6 Å². The van der Waals surface area contributed by atoms with Gasteiger partial charge in [0.1, 0.15) is 0 Å². The van der Waals surface area contributed by atoms with Crippen LogP contribution in [0.15, 0.2) is 40.9 Å². The first-order valence-electron chi connectivity index (χ1n) is 8.00. The van der Waals surface area contributed by atoms with Gasteiger partial charge in [0.15, 0.2) is 6.61 Å². The van der Waals surface area contributed by atoms with Crippen molar-refractivity contribution in [2.45, 2.75) is 6.92 Å². The number of pyridine rings is 1. The number of hydrogen-bond donors (Lipinski definition) is 2. The summed E-state index contributed by atoms with van der Waals surface area (Å²) in [7, 11) is 1.36. The third kappa shape index (κ3) is 3.92. The fourth-order valence-corrected chi connectivity index (χ4v) is 2.45. The monoisotopic (exact) mass is 368 g/mol. The first-order chi connectivity index (χ1) is 13.0. The Morgan fingerprint density at radius 3 is 2.63 bits per heavy atom. The number of rotatable bonds is 4. The van der Waals surface area contributed by atoms with E-state index in [4.69, 9.17) is 9.26 Å². The van der Waals surface area contributed by atoms with Gasteiger partial charge in [-0.15, -0.1) is 0 Å². The number of imide groups is 1. The zero-order valence-electron chi connectivity index (χ0n) is 14.6. The van der Waals surface area contributed by atoms with Crippen LogP contribution in [0.4, 0.5) is 4.79 Å². The second-order valence-corrected chi connectivity index (χ2v) is 5.57. The van der Waals surface area contributed by atoms with E-state index in [-0.39, 0.29) is 11.3 Å². The highest BCUT2D eigenvalue weighted by molar-refractivity contribution is 6.05. The minimum Gasteiger partial charge on any atom is -0.452 e. The van der Waals surface area contributed by atoms with Crippen LogP contribution in [0.5, 0.6) is 0 Å². The molecule has 0 aliphatic carbocycles. The number of ether oxygens (including phenoxy) is 1. The molecule has 2 aromatic heterocycles. The molecule has 3 rings (SSSR count). The fraction of sp³-hybridized carbons (Fsp3) is 0.167. The largest absolute Gasteiger partial charge is 0.452 e. The molecule has 0 saturated carbocycles. The Morgan fingerprint density at radius 1 is 1.19 bits per heavy atom. The average Bonchev–Trinajstić information content (AvgIpc) is 3.07. The highest BCUT2D eigenvalue weighted by Gasteiger charge is 2.21. The molecule has 9 heteroatoms. The maximum absolute atomic E-state index is 12.6. The van der Waals surface area contributed by atoms with E-state index in [1.54, 1.807) is 13.0 Å². The number of amides is 3. The van der Waals surface area contributed by atoms with E-state index in [1.165, 1.54) is 7.05 Å². The molecule has 0 aliphatic heterocycles. The van der Waals surface area contributed by atoms with E-state index < -0.39 is 24.5 Å². The number of hydrogen-bond acceptors (Lipinski definition) is 7. The van der Waals surface area contributed by atoms with Crippen LogP contribution in [-0.2, 0) is 9.53 Å². The Kier molecular flexibility index (Phi) is 5.11. The van der Waals surface area contributed by atoms with Crippen molar-refractivity contribution < 1.29 is 23.6 Å². The Bertz CT molecular complexity index is 1010. The summed E-state index contributed by atoms with van der Waals surface area (Å²) in [6.45, 7) is 1.06. The van der Waals surface area contributed by atoms with E-state index in [0.717, 1.165) is 5.56 Å². The van der Waals surface area contributed by atoms with Crippen LogP contribution in [0.3, 0.4) is 0 Å². The molecule has 0 spiro atoms. The van der Waals surface area contributed by atoms with Crippen LogP contribution >= 0.6 is 0 Å². The first-order valence-corrected chi connectivity index (χ1v) is 8.00. The molecule has 0 atom stereocenters. The summed E-state index contributed by atoms with van der Waals surface area (Å²) in [4.78, 5) is 39.7. The SMILES string of the molecule is CNC(=O)NC(=O)COC(=O)c1cc(-c2ccccc2)nc2onc(C)c12. The highest BCUT2D eigenvalue weighted by atomic mass is 16.5. The van der Waals surface area contributed by atoms with Gasteiger partial charge in [0, 0.05) is 12.6 Å². The zero-order valence-corrected chi connectivity index (χ0v) is 14.6. The molecule has 0 saturated heterocycles. The van der Waals surface area contributed by atoms with Gasteiger partial charge in [-0.2, -0.15) is 0 Å². The molecule has 138 valence electrons. The summed E-state index contributed by atoms with van der Waals surface area (Å²) < 4.78 is 10.2. The van der Waals surface area contributed by atoms with Gasteiger partial charge in [-0.3, -0.25) is 10.1 Å². The van der Waals surface area contributed by atoms with Crippen LogP contribution in [0.2, 0.25) is 0 Å². The smallest absolute Gasteiger partial charge is 0.339 e. The number of nitrogens with one attached hydrogen (secondary N) is 2. The summed E-state index contributed by atoms with van der Waals surface area (Å²) in [5.41, 5.74) is 2.11. The molecule has 0 fully saturated rings. The Hall–Kier alpha value is -3.75. The minimum absolute atomic E-state index is 0.172. The van der Waals surface area contributed by atoms with Gasteiger partial charge < -0.3 is 14.6 Å². The van der Waals surface area contributed by atoms with Crippen molar-refractivity contribution in [3.8, 4) is 11.3 Å². The number of aromatic nitrogens is 2. The molecule has 0 radical (unpaired) electrons. The molecule has 0 aliphatic rings. The number of carbonyl (C=O) groups is 3. The minimum atomic E-state index is -0.752. The van der Waals surface area contributed by atoms with Crippen molar-refractivity contribution in [3.63, 3.8) is 0 Å². The number of fused-ring (bicyclic) bond motifs is 1. The molecule has 1 aromatic carbocycles. The van der Waals surface area contributed by atoms with Crippen LogP contribution in [0.25, 0.3) is 22.4 Å². The molecule has 3 amide bonds. The van der Waals surface area contributed by atoms with Crippen LogP contribution in [0.1, 0.15) is 16.1 Å². The Morgan fingerprint density at radius 2 is 1.93 bits per heavy atom. The molecule has 27 heavy (non-hydrogen) atoms. The van der Waals surface area contributed by atoms with Crippen molar-refractivity contribution in [3.05, 3.63) is 47.7 Å². The lowest BCUT2D eigenvalue weighted by atomic mass is 10.1.